The monoisotopic (exact) mass is 262 g/mol. The molecule has 0 bridgehead atoms. The Kier molecular flexibility index (Phi) is 2.79. The molecule has 0 amide bonds. The highest BCUT2D eigenvalue weighted by Gasteiger charge is 2.02. The molecule has 0 aliphatic carbocycles. The first-order valence-corrected chi connectivity index (χ1v) is 5.12. The Bertz CT molecular complexity index is 512. The maximum Gasteiger partial charge on any atom is 0.252 e. The normalized spacial score (nSPS) is 9.87. The lowest BCUT2D eigenvalue weighted by Gasteiger charge is -2.02. The summed E-state index contributed by atoms with van der Waals surface area (Å²) in [6, 6.07) is 9.78. The fourth-order valence-electron chi connectivity index (χ4n) is 1.22. The van der Waals surface area contributed by atoms with Crippen molar-refractivity contribution in [2.24, 2.45) is 0 Å². The molecule has 2 rings (SSSR count). The van der Waals surface area contributed by atoms with Crippen molar-refractivity contribution in [2.75, 3.05) is 0 Å². The molecule has 1 heterocycles. The first-order valence-electron chi connectivity index (χ1n) is 4.32. The average Bonchev–Trinajstić information content (AvgIpc) is 2.69. The maximum atomic E-state index is 8.57. The van der Waals surface area contributed by atoms with Crippen LogP contribution in [0.1, 0.15) is 11.4 Å². The van der Waals surface area contributed by atoms with Gasteiger partial charge in [-0.3, -0.25) is 0 Å². The summed E-state index contributed by atoms with van der Waals surface area (Å²) in [5, 5.41) is 12.6. The number of nitrogens with zero attached hydrogens (tertiary/aromatic N) is 4. The van der Waals surface area contributed by atoms with E-state index in [4.69, 9.17) is 5.26 Å². The van der Waals surface area contributed by atoms with E-state index in [1.54, 1.807) is 11.0 Å². The number of aromatic nitrogens is 3. The zero-order valence-electron chi connectivity index (χ0n) is 7.76. The third kappa shape index (κ3) is 2.22. The van der Waals surface area contributed by atoms with Crippen LogP contribution in [0.3, 0.4) is 0 Å². The summed E-state index contributed by atoms with van der Waals surface area (Å²) in [5.41, 5.74) is 1.10. The van der Waals surface area contributed by atoms with Gasteiger partial charge in [-0.15, -0.1) is 5.10 Å². The molecular formula is C10H7BrN4. The maximum absolute atomic E-state index is 8.57. The molecule has 0 fully saturated rings. The second-order valence-corrected chi connectivity index (χ2v) is 3.82. The lowest BCUT2D eigenvalue weighted by Crippen LogP contribution is -2.01. The van der Waals surface area contributed by atoms with Gasteiger partial charge in [-0.1, -0.05) is 34.1 Å². The molecule has 0 unspecified atom stereocenters. The molecule has 2 aromatic rings. The van der Waals surface area contributed by atoms with E-state index in [0.29, 0.717) is 6.54 Å². The molecule has 0 N–H and O–H groups in total. The summed E-state index contributed by atoms with van der Waals surface area (Å²) >= 11 is 3.45. The predicted octanol–water partition coefficient (Wildman–Crippen LogP) is 1.96. The third-order valence-electron chi connectivity index (χ3n) is 1.93. The summed E-state index contributed by atoms with van der Waals surface area (Å²) in [7, 11) is 0. The van der Waals surface area contributed by atoms with Gasteiger partial charge >= 0.3 is 0 Å². The van der Waals surface area contributed by atoms with Gasteiger partial charge in [0.05, 0.1) is 6.54 Å². The summed E-state index contributed by atoms with van der Waals surface area (Å²) in [4.78, 5) is 3.84. The Labute approximate surface area is 95.3 Å². The number of hydrogen-bond acceptors (Lipinski definition) is 3. The van der Waals surface area contributed by atoms with Gasteiger partial charge in [-0.05, 0) is 11.6 Å². The van der Waals surface area contributed by atoms with Crippen molar-refractivity contribution in [1.82, 2.24) is 14.8 Å². The lowest BCUT2D eigenvalue weighted by molar-refractivity contribution is 0.680. The first kappa shape index (κ1) is 9.87. The first-order chi connectivity index (χ1) is 7.29. The van der Waals surface area contributed by atoms with E-state index < -0.39 is 0 Å². The molecule has 5 heteroatoms. The average molecular weight is 263 g/mol. The molecule has 0 aliphatic heterocycles. The molecule has 74 valence electrons. The molecule has 4 nitrogen and oxygen atoms in total. The van der Waals surface area contributed by atoms with Crippen molar-refractivity contribution in [1.29, 1.82) is 5.26 Å². The fraction of sp³-hybridized carbons (Fsp3) is 0.100. The van der Waals surface area contributed by atoms with Crippen LogP contribution in [0.2, 0.25) is 0 Å². The summed E-state index contributed by atoms with van der Waals surface area (Å²) in [5.74, 6) is 0.196. The second kappa shape index (κ2) is 4.24. The van der Waals surface area contributed by atoms with Gasteiger partial charge in [0.15, 0.2) is 0 Å². The van der Waals surface area contributed by atoms with Crippen LogP contribution in [0.15, 0.2) is 35.1 Å². The zero-order valence-corrected chi connectivity index (χ0v) is 9.35. The third-order valence-corrected chi connectivity index (χ3v) is 2.70. The topological polar surface area (TPSA) is 54.5 Å². The van der Waals surface area contributed by atoms with Crippen LogP contribution in [-0.2, 0) is 6.54 Å². The predicted molar refractivity (Wildman–Crippen MR) is 58.0 cm³/mol. The molecule has 0 spiro atoms. The van der Waals surface area contributed by atoms with Gasteiger partial charge < -0.3 is 0 Å². The smallest absolute Gasteiger partial charge is 0.247 e. The van der Waals surface area contributed by atoms with Crippen LogP contribution < -0.4 is 0 Å². The molecular weight excluding hydrogens is 256 g/mol. The fourth-order valence-corrected chi connectivity index (χ4v) is 1.63. The SMILES string of the molecule is N#Cc1ncn(Cc2ccccc2Br)n1. The van der Waals surface area contributed by atoms with Crippen molar-refractivity contribution in [3.05, 3.63) is 46.5 Å². The zero-order chi connectivity index (χ0) is 10.7. The quantitative estimate of drug-likeness (QED) is 0.832. The number of rotatable bonds is 2. The number of benzene rings is 1. The molecule has 15 heavy (non-hydrogen) atoms. The van der Waals surface area contributed by atoms with E-state index in [2.05, 4.69) is 26.0 Å². The van der Waals surface area contributed by atoms with E-state index in [0.717, 1.165) is 10.0 Å². The van der Waals surface area contributed by atoms with Gasteiger partial charge in [0.25, 0.3) is 5.82 Å². The lowest BCUT2D eigenvalue weighted by atomic mass is 10.2. The van der Waals surface area contributed by atoms with Crippen LogP contribution in [-0.4, -0.2) is 14.8 Å². The second-order valence-electron chi connectivity index (χ2n) is 2.97. The molecule has 1 aromatic carbocycles. The number of nitriles is 1. The Morgan fingerprint density at radius 3 is 2.87 bits per heavy atom. The van der Waals surface area contributed by atoms with E-state index in [9.17, 15) is 0 Å². The summed E-state index contributed by atoms with van der Waals surface area (Å²) < 4.78 is 2.66. The minimum atomic E-state index is 0.196. The number of hydrogen-bond donors (Lipinski definition) is 0. The minimum absolute atomic E-state index is 0.196. The number of halogens is 1. The van der Waals surface area contributed by atoms with Gasteiger partial charge in [-0.25, -0.2) is 9.67 Å². The van der Waals surface area contributed by atoms with Gasteiger partial charge in [0.2, 0.25) is 0 Å². The Morgan fingerprint density at radius 1 is 1.40 bits per heavy atom. The van der Waals surface area contributed by atoms with Crippen molar-refractivity contribution >= 4 is 15.9 Å². The van der Waals surface area contributed by atoms with Crippen molar-refractivity contribution < 1.29 is 0 Å². The van der Waals surface area contributed by atoms with Crippen LogP contribution in [0.5, 0.6) is 0 Å². The molecule has 0 radical (unpaired) electrons. The van der Waals surface area contributed by atoms with Crippen molar-refractivity contribution in [3.8, 4) is 6.07 Å². The van der Waals surface area contributed by atoms with Crippen molar-refractivity contribution in [2.45, 2.75) is 6.54 Å². The van der Waals surface area contributed by atoms with Crippen molar-refractivity contribution in [3.63, 3.8) is 0 Å². The standard InChI is InChI=1S/C10H7BrN4/c11-9-4-2-1-3-8(9)6-15-7-13-10(5-12)14-15/h1-4,7H,6H2. The Balaban J connectivity index is 2.23. The van der Waals surface area contributed by atoms with Crippen LogP contribution in [0, 0.1) is 11.3 Å². The van der Waals surface area contributed by atoms with Crippen LogP contribution in [0.4, 0.5) is 0 Å². The molecule has 0 saturated heterocycles. The summed E-state index contributed by atoms with van der Waals surface area (Å²) in [6.07, 6.45) is 1.55. The molecule has 1 aromatic heterocycles. The highest BCUT2D eigenvalue weighted by Crippen LogP contribution is 2.16. The van der Waals surface area contributed by atoms with Gasteiger partial charge in [0, 0.05) is 4.47 Å². The molecule has 0 atom stereocenters. The van der Waals surface area contributed by atoms with Gasteiger partial charge in [-0.2, -0.15) is 5.26 Å². The highest BCUT2D eigenvalue weighted by molar-refractivity contribution is 9.10. The molecule has 0 saturated carbocycles. The minimum Gasteiger partial charge on any atom is -0.247 e. The van der Waals surface area contributed by atoms with Crippen LogP contribution >= 0.6 is 15.9 Å². The molecule has 0 aliphatic rings. The largest absolute Gasteiger partial charge is 0.252 e. The van der Waals surface area contributed by atoms with Crippen LogP contribution in [0.25, 0.3) is 0 Å². The van der Waals surface area contributed by atoms with Gasteiger partial charge in [0.1, 0.15) is 12.4 Å². The van der Waals surface area contributed by atoms with E-state index in [1.807, 2.05) is 30.3 Å². The Morgan fingerprint density at radius 2 is 2.20 bits per heavy atom. The Hall–Kier alpha value is -1.67. The van der Waals surface area contributed by atoms with E-state index in [-0.39, 0.29) is 5.82 Å². The highest BCUT2D eigenvalue weighted by atomic mass is 79.9. The summed E-state index contributed by atoms with van der Waals surface area (Å²) in [6.45, 7) is 0.607. The van der Waals surface area contributed by atoms with E-state index in [1.165, 1.54) is 0 Å². The van der Waals surface area contributed by atoms with E-state index >= 15 is 0 Å².